The quantitative estimate of drug-likeness (QED) is 0.572. The first-order valence-electron chi connectivity index (χ1n) is 7.45. The van der Waals surface area contributed by atoms with Gasteiger partial charge in [0.15, 0.2) is 5.12 Å². The number of carboxylic acids is 1. The van der Waals surface area contributed by atoms with E-state index in [2.05, 4.69) is 19.2 Å². The Balaban J connectivity index is 3.98. The normalized spacial score (nSPS) is 12.2. The van der Waals surface area contributed by atoms with Gasteiger partial charge >= 0.3 is 5.97 Å². The van der Waals surface area contributed by atoms with Gasteiger partial charge in [-0.25, -0.2) is 0 Å². The molecule has 5 nitrogen and oxygen atoms in total. The predicted octanol–water partition coefficient (Wildman–Crippen LogP) is 2.69. The molecule has 1 amide bonds. The summed E-state index contributed by atoms with van der Waals surface area (Å²) < 4.78 is 0. The van der Waals surface area contributed by atoms with Crippen molar-refractivity contribution < 1.29 is 19.5 Å². The average molecular weight is 317 g/mol. The van der Waals surface area contributed by atoms with E-state index in [4.69, 9.17) is 5.11 Å². The Kier molecular flexibility index (Phi) is 11.0. The van der Waals surface area contributed by atoms with Crippen LogP contribution < -0.4 is 5.32 Å². The van der Waals surface area contributed by atoms with Crippen molar-refractivity contribution in [2.45, 2.75) is 52.9 Å². The van der Waals surface area contributed by atoms with Crippen molar-refractivity contribution in [2.75, 3.05) is 12.3 Å². The van der Waals surface area contributed by atoms with Gasteiger partial charge in [0.2, 0.25) is 5.91 Å². The molecule has 0 aromatic carbocycles. The smallest absolute Gasteiger partial charge is 0.303 e. The second kappa shape index (κ2) is 11.6. The largest absolute Gasteiger partial charge is 0.481 e. The zero-order valence-electron chi connectivity index (χ0n) is 13.2. The van der Waals surface area contributed by atoms with Gasteiger partial charge in [-0.15, -0.1) is 0 Å². The van der Waals surface area contributed by atoms with Gasteiger partial charge in [0.1, 0.15) is 0 Å². The molecule has 1 unspecified atom stereocenters. The second-order valence-electron chi connectivity index (χ2n) is 5.62. The lowest BCUT2D eigenvalue weighted by Gasteiger charge is -2.17. The molecule has 0 saturated carbocycles. The Morgan fingerprint density at radius 1 is 1.14 bits per heavy atom. The van der Waals surface area contributed by atoms with Crippen LogP contribution in [0.1, 0.15) is 52.9 Å². The topological polar surface area (TPSA) is 83.5 Å². The second-order valence-corrected chi connectivity index (χ2v) is 6.82. The van der Waals surface area contributed by atoms with Gasteiger partial charge in [-0.2, -0.15) is 0 Å². The first-order valence-corrected chi connectivity index (χ1v) is 8.44. The van der Waals surface area contributed by atoms with E-state index in [0.29, 0.717) is 24.6 Å². The Morgan fingerprint density at radius 3 is 2.33 bits per heavy atom. The molecular weight excluding hydrogens is 290 g/mol. The molecule has 0 aliphatic carbocycles. The number of nitrogens with one attached hydrogen (secondary N) is 1. The van der Waals surface area contributed by atoms with Crippen molar-refractivity contribution in [1.82, 2.24) is 5.32 Å². The third-order valence-electron chi connectivity index (χ3n) is 2.98. The number of unbranched alkanes of at least 4 members (excludes halogenated alkanes) is 2. The number of carbonyl (C=O) groups is 3. The fraction of sp³-hybridized carbons (Fsp3) is 0.800. The zero-order chi connectivity index (χ0) is 16.3. The highest BCUT2D eigenvalue weighted by atomic mass is 32.2. The molecule has 0 rings (SSSR count). The molecule has 21 heavy (non-hydrogen) atoms. The third-order valence-corrected chi connectivity index (χ3v) is 3.96. The molecule has 0 heterocycles. The van der Waals surface area contributed by atoms with Crippen molar-refractivity contribution in [1.29, 1.82) is 0 Å². The van der Waals surface area contributed by atoms with Crippen LogP contribution in [0.5, 0.6) is 0 Å². The fourth-order valence-electron chi connectivity index (χ4n) is 1.97. The van der Waals surface area contributed by atoms with Gasteiger partial charge in [0, 0.05) is 31.6 Å². The third kappa shape index (κ3) is 12.4. The van der Waals surface area contributed by atoms with Gasteiger partial charge in [-0.1, -0.05) is 32.0 Å². The molecule has 0 radical (unpaired) electrons. The van der Waals surface area contributed by atoms with Gasteiger partial charge in [-0.05, 0) is 25.2 Å². The van der Waals surface area contributed by atoms with E-state index in [1.165, 1.54) is 18.7 Å². The number of rotatable bonds is 11. The van der Waals surface area contributed by atoms with Crippen LogP contribution in [0.15, 0.2) is 0 Å². The summed E-state index contributed by atoms with van der Waals surface area (Å²) in [6.45, 7) is 6.20. The number of hydrogen-bond acceptors (Lipinski definition) is 4. The van der Waals surface area contributed by atoms with E-state index in [-0.39, 0.29) is 23.4 Å². The molecule has 0 saturated heterocycles. The fourth-order valence-corrected chi connectivity index (χ4v) is 2.70. The van der Waals surface area contributed by atoms with Crippen molar-refractivity contribution >= 4 is 28.8 Å². The molecule has 0 aliphatic rings. The Labute approximate surface area is 131 Å². The van der Waals surface area contributed by atoms with Crippen LogP contribution in [-0.2, 0) is 14.4 Å². The molecule has 0 aliphatic heterocycles. The Bertz CT molecular complexity index is 345. The van der Waals surface area contributed by atoms with Gasteiger partial charge in [0.05, 0.1) is 0 Å². The van der Waals surface area contributed by atoms with E-state index in [9.17, 15) is 14.4 Å². The van der Waals surface area contributed by atoms with Crippen LogP contribution in [0.25, 0.3) is 0 Å². The van der Waals surface area contributed by atoms with Crippen molar-refractivity contribution in [2.24, 2.45) is 11.8 Å². The van der Waals surface area contributed by atoms with Crippen molar-refractivity contribution in [3.63, 3.8) is 0 Å². The molecule has 6 heteroatoms. The highest BCUT2D eigenvalue weighted by Crippen LogP contribution is 2.18. The first-order chi connectivity index (χ1) is 9.82. The molecule has 0 aromatic heterocycles. The Morgan fingerprint density at radius 2 is 1.81 bits per heavy atom. The van der Waals surface area contributed by atoms with E-state index in [1.807, 2.05) is 0 Å². The Hall–Kier alpha value is -1.04. The molecule has 0 aromatic rings. The minimum Gasteiger partial charge on any atom is -0.481 e. The van der Waals surface area contributed by atoms with Crippen LogP contribution in [0.2, 0.25) is 0 Å². The minimum absolute atomic E-state index is 0.00400. The first kappa shape index (κ1) is 20.0. The van der Waals surface area contributed by atoms with Crippen LogP contribution in [0, 0.1) is 11.8 Å². The van der Waals surface area contributed by atoms with E-state index >= 15 is 0 Å². The average Bonchev–Trinajstić information content (AvgIpc) is 2.37. The van der Waals surface area contributed by atoms with Gasteiger partial charge in [0.25, 0.3) is 0 Å². The molecular formula is C15H27NO4S. The standard InChI is InChI=1S/C15H27NO4S/c1-11(2)9-13(10-21-12(3)17)15(20)16-8-6-4-5-7-14(18)19/h11,13H,4-10H2,1-3H3,(H,16,20)(H,18,19). The number of hydrogen-bond donors (Lipinski definition) is 2. The van der Waals surface area contributed by atoms with E-state index in [0.717, 1.165) is 19.3 Å². The molecule has 122 valence electrons. The van der Waals surface area contributed by atoms with E-state index < -0.39 is 5.97 Å². The summed E-state index contributed by atoms with van der Waals surface area (Å²) in [5.74, 6) is 0.00742. The van der Waals surface area contributed by atoms with Crippen LogP contribution in [-0.4, -0.2) is 34.4 Å². The molecule has 2 N–H and O–H groups in total. The maximum atomic E-state index is 12.1. The highest BCUT2D eigenvalue weighted by Gasteiger charge is 2.20. The molecule has 0 spiro atoms. The van der Waals surface area contributed by atoms with Crippen LogP contribution in [0.3, 0.4) is 0 Å². The summed E-state index contributed by atoms with van der Waals surface area (Å²) in [7, 11) is 0. The van der Waals surface area contributed by atoms with Crippen LogP contribution in [0.4, 0.5) is 0 Å². The molecule has 1 atom stereocenters. The minimum atomic E-state index is -0.780. The lowest BCUT2D eigenvalue weighted by atomic mass is 9.98. The maximum absolute atomic E-state index is 12.1. The van der Waals surface area contributed by atoms with Crippen LogP contribution >= 0.6 is 11.8 Å². The van der Waals surface area contributed by atoms with E-state index in [1.54, 1.807) is 0 Å². The number of amides is 1. The van der Waals surface area contributed by atoms with Crippen molar-refractivity contribution in [3.8, 4) is 0 Å². The summed E-state index contributed by atoms with van der Waals surface area (Å²) in [5, 5.41) is 11.4. The number of carbonyl (C=O) groups excluding carboxylic acids is 2. The van der Waals surface area contributed by atoms with Gasteiger partial charge in [-0.3, -0.25) is 14.4 Å². The van der Waals surface area contributed by atoms with Crippen molar-refractivity contribution in [3.05, 3.63) is 0 Å². The number of carboxylic acid groups (broad SMARTS) is 1. The lowest BCUT2D eigenvalue weighted by molar-refractivity contribution is -0.137. The zero-order valence-corrected chi connectivity index (χ0v) is 14.0. The highest BCUT2D eigenvalue weighted by molar-refractivity contribution is 8.13. The summed E-state index contributed by atoms with van der Waals surface area (Å²) in [6, 6.07) is 0. The molecule has 0 bridgehead atoms. The predicted molar refractivity (Wildman–Crippen MR) is 85.2 cm³/mol. The lowest BCUT2D eigenvalue weighted by Crippen LogP contribution is -2.33. The summed E-state index contributed by atoms with van der Waals surface area (Å²) in [5.41, 5.74) is 0. The summed E-state index contributed by atoms with van der Waals surface area (Å²) in [4.78, 5) is 33.5. The summed E-state index contributed by atoms with van der Waals surface area (Å²) in [6.07, 6.45) is 3.17. The van der Waals surface area contributed by atoms with Gasteiger partial charge < -0.3 is 10.4 Å². The maximum Gasteiger partial charge on any atom is 0.303 e. The number of thioether (sulfide) groups is 1. The monoisotopic (exact) mass is 317 g/mol. The molecule has 0 fully saturated rings. The number of aliphatic carboxylic acids is 1. The summed E-state index contributed by atoms with van der Waals surface area (Å²) >= 11 is 1.20. The SMILES string of the molecule is CC(=O)SCC(CC(C)C)C(=O)NCCCCCC(=O)O.